The second-order valence-electron chi connectivity index (χ2n) is 4.81. The molecule has 2 N–H and O–H groups in total. The molecule has 0 spiro atoms. The fourth-order valence-corrected chi connectivity index (χ4v) is 3.16. The summed E-state index contributed by atoms with van der Waals surface area (Å²) in [6, 6.07) is 5.33. The number of nitrogens with zero attached hydrogens (tertiary/aromatic N) is 2. The molecule has 104 valence electrons. The Hall–Kier alpha value is -1.56. The third-order valence-electron chi connectivity index (χ3n) is 3.18. The Bertz CT molecular complexity index is 507. The first kappa shape index (κ1) is 13.9. The Balaban J connectivity index is 2.34. The molecular weight excluding hydrogens is 262 g/mol. The van der Waals surface area contributed by atoms with E-state index in [-0.39, 0.29) is 5.91 Å². The highest BCUT2D eigenvalue weighted by molar-refractivity contribution is 7.85. The molecule has 0 unspecified atom stereocenters. The molecule has 0 aliphatic carbocycles. The zero-order valence-electron chi connectivity index (χ0n) is 11.3. The molecule has 0 atom stereocenters. The number of hydrogen-bond donors (Lipinski definition) is 1. The van der Waals surface area contributed by atoms with Crippen LogP contribution in [0.1, 0.15) is 10.4 Å². The maximum Gasteiger partial charge on any atom is 0.255 e. The molecular formula is C13H19N3O2S. The van der Waals surface area contributed by atoms with Crippen LogP contribution in [0.5, 0.6) is 0 Å². The van der Waals surface area contributed by atoms with Gasteiger partial charge < -0.3 is 15.5 Å². The standard InChI is InChI=1S/C13H19N3O2S/c1-15(2)13(17)11-4-3-10(14)9-12(11)16-5-7-19(18)8-6-16/h3-4,9H,5-8,14H2,1-2H3. The van der Waals surface area contributed by atoms with E-state index >= 15 is 0 Å². The largest absolute Gasteiger partial charge is 0.399 e. The fraction of sp³-hybridized carbons (Fsp3) is 0.462. The van der Waals surface area contributed by atoms with E-state index in [9.17, 15) is 9.00 Å². The monoisotopic (exact) mass is 281 g/mol. The van der Waals surface area contributed by atoms with E-state index in [2.05, 4.69) is 4.90 Å². The molecule has 1 aliphatic heterocycles. The van der Waals surface area contributed by atoms with Gasteiger partial charge in [0.2, 0.25) is 0 Å². The zero-order chi connectivity index (χ0) is 14.0. The number of hydrogen-bond acceptors (Lipinski definition) is 4. The Kier molecular flexibility index (Phi) is 4.09. The molecule has 5 nitrogen and oxygen atoms in total. The lowest BCUT2D eigenvalue weighted by Crippen LogP contribution is -2.39. The summed E-state index contributed by atoms with van der Waals surface area (Å²) in [6.07, 6.45) is 0. The highest BCUT2D eigenvalue weighted by atomic mass is 32.2. The summed E-state index contributed by atoms with van der Waals surface area (Å²) in [5.74, 6) is 1.25. The van der Waals surface area contributed by atoms with Crippen molar-refractivity contribution < 1.29 is 9.00 Å². The third kappa shape index (κ3) is 3.07. The van der Waals surface area contributed by atoms with E-state index in [1.165, 1.54) is 0 Å². The topological polar surface area (TPSA) is 66.6 Å². The highest BCUT2D eigenvalue weighted by Gasteiger charge is 2.21. The summed E-state index contributed by atoms with van der Waals surface area (Å²) in [7, 11) is 2.73. The number of carbonyl (C=O) groups is 1. The zero-order valence-corrected chi connectivity index (χ0v) is 12.1. The minimum atomic E-state index is -0.734. The van der Waals surface area contributed by atoms with Crippen molar-refractivity contribution in [1.29, 1.82) is 0 Å². The molecule has 0 radical (unpaired) electrons. The summed E-state index contributed by atoms with van der Waals surface area (Å²) in [6.45, 7) is 1.40. The lowest BCUT2D eigenvalue weighted by molar-refractivity contribution is 0.0828. The van der Waals surface area contributed by atoms with Gasteiger partial charge in [-0.2, -0.15) is 0 Å². The van der Waals surface area contributed by atoms with Crippen molar-refractivity contribution in [2.45, 2.75) is 0 Å². The first-order valence-corrected chi connectivity index (χ1v) is 7.69. The van der Waals surface area contributed by atoms with Crippen LogP contribution in [-0.2, 0) is 10.8 Å². The van der Waals surface area contributed by atoms with Gasteiger partial charge in [0, 0.05) is 55.2 Å². The lowest BCUT2D eigenvalue weighted by Gasteiger charge is -2.30. The molecule has 1 aromatic carbocycles. The molecule has 0 bridgehead atoms. The van der Waals surface area contributed by atoms with Gasteiger partial charge in [0.25, 0.3) is 5.91 Å². The summed E-state index contributed by atoms with van der Waals surface area (Å²) < 4.78 is 11.4. The van der Waals surface area contributed by atoms with Gasteiger partial charge in [0.15, 0.2) is 0 Å². The Morgan fingerprint density at radius 2 is 1.95 bits per heavy atom. The highest BCUT2D eigenvalue weighted by Crippen LogP contribution is 2.25. The van der Waals surface area contributed by atoms with Crippen LogP contribution in [0.3, 0.4) is 0 Å². The van der Waals surface area contributed by atoms with Gasteiger partial charge in [-0.15, -0.1) is 0 Å². The number of benzene rings is 1. The maximum absolute atomic E-state index is 12.2. The predicted molar refractivity (Wildman–Crippen MR) is 79.0 cm³/mol. The average molecular weight is 281 g/mol. The molecule has 2 rings (SSSR count). The van der Waals surface area contributed by atoms with Crippen LogP contribution in [0.2, 0.25) is 0 Å². The van der Waals surface area contributed by atoms with Gasteiger partial charge in [-0.25, -0.2) is 0 Å². The van der Waals surface area contributed by atoms with Gasteiger partial charge in [-0.05, 0) is 18.2 Å². The summed E-state index contributed by atoms with van der Waals surface area (Å²) in [5, 5.41) is 0. The molecule has 0 saturated carbocycles. The van der Waals surface area contributed by atoms with Crippen molar-refractivity contribution in [3.63, 3.8) is 0 Å². The summed E-state index contributed by atoms with van der Waals surface area (Å²) >= 11 is 0. The van der Waals surface area contributed by atoms with Crippen LogP contribution < -0.4 is 10.6 Å². The molecule has 6 heteroatoms. The first-order valence-electron chi connectivity index (χ1n) is 6.20. The Labute approximate surface area is 115 Å². The quantitative estimate of drug-likeness (QED) is 0.804. The Morgan fingerprint density at radius 1 is 1.32 bits per heavy atom. The number of anilines is 2. The van der Waals surface area contributed by atoms with E-state index in [0.717, 1.165) is 5.69 Å². The maximum atomic E-state index is 12.2. The van der Waals surface area contributed by atoms with Crippen molar-refractivity contribution in [1.82, 2.24) is 4.90 Å². The fourth-order valence-electron chi connectivity index (χ4n) is 2.11. The van der Waals surface area contributed by atoms with Crippen LogP contribution in [0.4, 0.5) is 11.4 Å². The molecule has 1 heterocycles. The molecule has 1 saturated heterocycles. The number of nitrogen functional groups attached to an aromatic ring is 1. The van der Waals surface area contributed by atoms with Crippen molar-refractivity contribution in [2.24, 2.45) is 0 Å². The lowest BCUT2D eigenvalue weighted by atomic mass is 10.1. The molecule has 0 aromatic heterocycles. The van der Waals surface area contributed by atoms with Crippen LogP contribution in [0.15, 0.2) is 18.2 Å². The van der Waals surface area contributed by atoms with Crippen LogP contribution >= 0.6 is 0 Å². The van der Waals surface area contributed by atoms with Gasteiger partial charge in [-0.1, -0.05) is 0 Å². The molecule has 1 amide bonds. The van der Waals surface area contributed by atoms with Crippen molar-refractivity contribution in [3.8, 4) is 0 Å². The second kappa shape index (κ2) is 5.61. The predicted octanol–water partition coefficient (Wildman–Crippen LogP) is 0.539. The summed E-state index contributed by atoms with van der Waals surface area (Å²) in [5.41, 5.74) is 7.95. The van der Waals surface area contributed by atoms with E-state index in [1.807, 2.05) is 6.07 Å². The first-order chi connectivity index (χ1) is 8.99. The SMILES string of the molecule is CN(C)C(=O)c1ccc(N)cc1N1CCS(=O)CC1. The minimum Gasteiger partial charge on any atom is -0.399 e. The van der Waals surface area contributed by atoms with E-state index < -0.39 is 10.8 Å². The number of carbonyl (C=O) groups excluding carboxylic acids is 1. The molecule has 1 aliphatic rings. The van der Waals surface area contributed by atoms with Crippen LogP contribution in [0.25, 0.3) is 0 Å². The number of rotatable bonds is 2. The van der Waals surface area contributed by atoms with Crippen molar-refractivity contribution in [3.05, 3.63) is 23.8 Å². The van der Waals surface area contributed by atoms with Gasteiger partial charge in [0.05, 0.1) is 11.3 Å². The number of nitrogens with two attached hydrogens (primary N) is 1. The Morgan fingerprint density at radius 3 is 2.53 bits per heavy atom. The van der Waals surface area contributed by atoms with Gasteiger partial charge in [0.1, 0.15) is 0 Å². The van der Waals surface area contributed by atoms with E-state index in [0.29, 0.717) is 35.8 Å². The van der Waals surface area contributed by atoms with Gasteiger partial charge >= 0.3 is 0 Å². The molecule has 1 aromatic rings. The molecule has 1 fully saturated rings. The third-order valence-corrected chi connectivity index (χ3v) is 4.45. The number of amides is 1. The van der Waals surface area contributed by atoms with Gasteiger partial charge in [-0.3, -0.25) is 9.00 Å². The van der Waals surface area contributed by atoms with Crippen molar-refractivity contribution in [2.75, 3.05) is 49.3 Å². The molecule has 19 heavy (non-hydrogen) atoms. The van der Waals surface area contributed by atoms with Crippen LogP contribution in [0, 0.1) is 0 Å². The van der Waals surface area contributed by atoms with Crippen molar-refractivity contribution >= 4 is 28.1 Å². The second-order valence-corrected chi connectivity index (χ2v) is 6.51. The van der Waals surface area contributed by atoms with E-state index in [4.69, 9.17) is 5.73 Å². The summed E-state index contributed by atoms with van der Waals surface area (Å²) in [4.78, 5) is 15.8. The normalized spacial score (nSPS) is 16.4. The van der Waals surface area contributed by atoms with E-state index in [1.54, 1.807) is 31.1 Å². The minimum absolute atomic E-state index is 0.0401. The average Bonchev–Trinajstić information content (AvgIpc) is 2.38. The van der Waals surface area contributed by atoms with Crippen LogP contribution in [-0.4, -0.2) is 53.7 Å². The smallest absolute Gasteiger partial charge is 0.255 e.